The molecule has 7 heteroatoms. The van der Waals surface area contributed by atoms with E-state index in [0.717, 1.165) is 0 Å². The molecular formula is C14H19NO5S. The first kappa shape index (κ1) is 17.2. The van der Waals surface area contributed by atoms with Gasteiger partial charge < -0.3 is 10.4 Å². The molecule has 1 aromatic rings. The van der Waals surface area contributed by atoms with Crippen LogP contribution in [0, 0.1) is 5.41 Å². The van der Waals surface area contributed by atoms with Crippen molar-refractivity contribution in [3.8, 4) is 0 Å². The molecule has 0 aliphatic carbocycles. The summed E-state index contributed by atoms with van der Waals surface area (Å²) in [6, 6.07) is 5.45. The van der Waals surface area contributed by atoms with Gasteiger partial charge in [0, 0.05) is 11.1 Å². The normalized spacial score (nSPS) is 12.0. The van der Waals surface area contributed by atoms with E-state index in [-0.39, 0.29) is 10.8 Å². The van der Waals surface area contributed by atoms with E-state index in [1.807, 2.05) is 20.8 Å². The zero-order valence-corrected chi connectivity index (χ0v) is 13.0. The second kappa shape index (κ2) is 6.26. The van der Waals surface area contributed by atoms with Crippen molar-refractivity contribution in [2.24, 2.45) is 5.41 Å². The molecule has 21 heavy (non-hydrogen) atoms. The molecule has 0 saturated heterocycles. The number of rotatable bonds is 6. The maximum atomic E-state index is 12.0. The lowest BCUT2D eigenvalue weighted by Gasteiger charge is -2.21. The maximum absolute atomic E-state index is 12.0. The predicted molar refractivity (Wildman–Crippen MR) is 78.8 cm³/mol. The molecule has 0 aliphatic rings. The van der Waals surface area contributed by atoms with Crippen LogP contribution in [-0.2, 0) is 19.4 Å². The van der Waals surface area contributed by atoms with Crippen molar-refractivity contribution in [2.45, 2.75) is 32.1 Å². The van der Waals surface area contributed by atoms with E-state index >= 15 is 0 Å². The first-order valence-electron chi connectivity index (χ1n) is 6.44. The van der Waals surface area contributed by atoms with Gasteiger partial charge in [0.25, 0.3) is 0 Å². The predicted octanol–water partition coefficient (Wildman–Crippen LogP) is 1.92. The standard InChI is InChI=1S/C14H19NO5S/c1-4-14(2,3)13(18)15-10-5-7-11(8-6-10)21(19,20)9-12(16)17/h5-8H,4,9H2,1-3H3,(H,15,18)(H,16,17). The van der Waals surface area contributed by atoms with Gasteiger partial charge in [-0.25, -0.2) is 8.42 Å². The zero-order chi connectivity index (χ0) is 16.3. The van der Waals surface area contributed by atoms with Crippen LogP contribution in [0.2, 0.25) is 0 Å². The average Bonchev–Trinajstić information content (AvgIpc) is 2.37. The Kier molecular flexibility index (Phi) is 5.11. The second-order valence-corrected chi connectivity index (χ2v) is 7.36. The monoisotopic (exact) mass is 313 g/mol. The SMILES string of the molecule is CCC(C)(C)C(=O)Nc1ccc(S(=O)(=O)CC(=O)O)cc1. The second-order valence-electron chi connectivity index (χ2n) is 5.37. The summed E-state index contributed by atoms with van der Waals surface area (Å²) >= 11 is 0. The molecule has 0 radical (unpaired) electrons. The van der Waals surface area contributed by atoms with Crippen molar-refractivity contribution in [3.63, 3.8) is 0 Å². The van der Waals surface area contributed by atoms with Crippen LogP contribution in [0.15, 0.2) is 29.2 Å². The van der Waals surface area contributed by atoms with Crippen LogP contribution in [0.1, 0.15) is 27.2 Å². The van der Waals surface area contributed by atoms with E-state index in [4.69, 9.17) is 5.11 Å². The molecule has 0 spiro atoms. The van der Waals surface area contributed by atoms with Crippen LogP contribution in [0.25, 0.3) is 0 Å². The molecule has 2 N–H and O–H groups in total. The Balaban J connectivity index is 2.89. The summed E-state index contributed by atoms with van der Waals surface area (Å²) in [5, 5.41) is 11.3. The first-order valence-corrected chi connectivity index (χ1v) is 8.10. The fourth-order valence-electron chi connectivity index (χ4n) is 1.45. The van der Waals surface area contributed by atoms with E-state index in [9.17, 15) is 18.0 Å². The molecule has 1 amide bonds. The molecule has 0 heterocycles. The number of carboxylic acids is 1. The molecule has 0 fully saturated rings. The molecule has 6 nitrogen and oxygen atoms in total. The largest absolute Gasteiger partial charge is 0.480 e. The number of hydrogen-bond donors (Lipinski definition) is 2. The van der Waals surface area contributed by atoms with E-state index in [0.29, 0.717) is 12.1 Å². The molecule has 0 aliphatic heterocycles. The van der Waals surface area contributed by atoms with Gasteiger partial charge in [0.15, 0.2) is 15.6 Å². The summed E-state index contributed by atoms with van der Waals surface area (Å²) in [7, 11) is -3.85. The third-order valence-electron chi connectivity index (χ3n) is 3.28. The van der Waals surface area contributed by atoms with E-state index in [2.05, 4.69) is 5.32 Å². The Morgan fingerprint density at radius 2 is 1.71 bits per heavy atom. The quantitative estimate of drug-likeness (QED) is 0.835. The highest BCUT2D eigenvalue weighted by Gasteiger charge is 2.25. The summed E-state index contributed by atoms with van der Waals surface area (Å²) in [5.74, 6) is -2.52. The van der Waals surface area contributed by atoms with E-state index in [1.165, 1.54) is 24.3 Å². The number of carbonyl (C=O) groups is 2. The molecular weight excluding hydrogens is 294 g/mol. The summed E-state index contributed by atoms with van der Waals surface area (Å²) in [4.78, 5) is 22.4. The van der Waals surface area contributed by atoms with E-state index in [1.54, 1.807) is 0 Å². The highest BCUT2D eigenvalue weighted by molar-refractivity contribution is 7.92. The minimum Gasteiger partial charge on any atom is -0.480 e. The Morgan fingerprint density at radius 1 is 1.19 bits per heavy atom. The van der Waals surface area contributed by atoms with Gasteiger partial charge in [-0.1, -0.05) is 20.8 Å². The minimum absolute atomic E-state index is 0.0855. The number of benzene rings is 1. The van der Waals surface area contributed by atoms with Crippen molar-refractivity contribution < 1.29 is 23.1 Å². The lowest BCUT2D eigenvalue weighted by Crippen LogP contribution is -2.29. The lowest BCUT2D eigenvalue weighted by molar-refractivity contribution is -0.134. The van der Waals surface area contributed by atoms with Crippen LogP contribution in [0.5, 0.6) is 0 Å². The minimum atomic E-state index is -3.85. The van der Waals surface area contributed by atoms with E-state index < -0.39 is 27.0 Å². The molecule has 0 saturated carbocycles. The maximum Gasteiger partial charge on any atom is 0.319 e. The van der Waals surface area contributed by atoms with Crippen molar-refractivity contribution in [1.29, 1.82) is 0 Å². The van der Waals surface area contributed by atoms with Gasteiger partial charge in [0.1, 0.15) is 0 Å². The Bertz CT molecular complexity index is 632. The van der Waals surface area contributed by atoms with Gasteiger partial charge in [0.05, 0.1) is 4.90 Å². The van der Waals surface area contributed by atoms with Gasteiger partial charge in [-0.3, -0.25) is 9.59 Å². The van der Waals surface area contributed by atoms with Gasteiger partial charge in [-0.2, -0.15) is 0 Å². The molecule has 0 unspecified atom stereocenters. The Hall–Kier alpha value is -1.89. The van der Waals surface area contributed by atoms with Crippen molar-refractivity contribution in [2.75, 3.05) is 11.1 Å². The van der Waals surface area contributed by atoms with Crippen LogP contribution in [0.3, 0.4) is 0 Å². The summed E-state index contributed by atoms with van der Waals surface area (Å²) in [5.41, 5.74) is -0.0515. The number of amides is 1. The average molecular weight is 313 g/mol. The number of hydrogen-bond acceptors (Lipinski definition) is 4. The fourth-order valence-corrected chi connectivity index (χ4v) is 2.49. The molecule has 1 aromatic carbocycles. The number of anilines is 1. The van der Waals surface area contributed by atoms with Crippen molar-refractivity contribution in [1.82, 2.24) is 0 Å². The lowest BCUT2D eigenvalue weighted by atomic mass is 9.89. The van der Waals surface area contributed by atoms with Crippen LogP contribution >= 0.6 is 0 Å². The fraction of sp³-hybridized carbons (Fsp3) is 0.429. The summed E-state index contributed by atoms with van der Waals surface area (Å²) < 4.78 is 23.4. The molecule has 1 rings (SSSR count). The highest BCUT2D eigenvalue weighted by atomic mass is 32.2. The summed E-state index contributed by atoms with van der Waals surface area (Å²) in [6.07, 6.45) is 0.671. The van der Waals surface area contributed by atoms with Gasteiger partial charge in [-0.15, -0.1) is 0 Å². The smallest absolute Gasteiger partial charge is 0.319 e. The van der Waals surface area contributed by atoms with Crippen LogP contribution < -0.4 is 5.32 Å². The zero-order valence-electron chi connectivity index (χ0n) is 12.2. The number of aliphatic carboxylic acids is 1. The van der Waals surface area contributed by atoms with Gasteiger partial charge in [0.2, 0.25) is 5.91 Å². The number of nitrogens with one attached hydrogen (secondary N) is 1. The molecule has 0 bridgehead atoms. The summed E-state index contributed by atoms with van der Waals surface area (Å²) in [6.45, 7) is 5.53. The topological polar surface area (TPSA) is 101 Å². The third kappa shape index (κ3) is 4.56. The van der Waals surface area contributed by atoms with Crippen molar-refractivity contribution >= 4 is 27.4 Å². The van der Waals surface area contributed by atoms with Crippen LogP contribution in [-0.4, -0.2) is 31.2 Å². The number of carboxylic acid groups (broad SMARTS) is 1. The Morgan fingerprint density at radius 3 is 2.14 bits per heavy atom. The number of carbonyl (C=O) groups excluding carboxylic acids is 1. The molecule has 116 valence electrons. The molecule has 0 aromatic heterocycles. The third-order valence-corrected chi connectivity index (χ3v) is 4.90. The van der Waals surface area contributed by atoms with Crippen molar-refractivity contribution in [3.05, 3.63) is 24.3 Å². The van der Waals surface area contributed by atoms with Gasteiger partial charge in [-0.05, 0) is 30.7 Å². The first-order chi connectivity index (χ1) is 9.58. The Labute approximate surface area is 124 Å². The molecule has 0 atom stereocenters. The van der Waals surface area contributed by atoms with Crippen LogP contribution in [0.4, 0.5) is 5.69 Å². The highest BCUT2D eigenvalue weighted by Crippen LogP contribution is 2.23. The van der Waals surface area contributed by atoms with Gasteiger partial charge >= 0.3 is 5.97 Å². The number of sulfone groups is 1.